The lowest BCUT2D eigenvalue weighted by atomic mass is 10.2. The van der Waals surface area contributed by atoms with Crippen molar-refractivity contribution in [1.82, 2.24) is 5.32 Å². The Bertz CT molecular complexity index is 1230. The molecule has 0 spiro atoms. The zero-order valence-corrected chi connectivity index (χ0v) is 18.8. The summed E-state index contributed by atoms with van der Waals surface area (Å²) in [7, 11) is -2.44. The van der Waals surface area contributed by atoms with Gasteiger partial charge in [-0.05, 0) is 48.0 Å². The lowest BCUT2D eigenvalue weighted by Gasteiger charge is -2.34. The fraction of sp³-hybridized carbons (Fsp3) is 0.174. The molecule has 1 heterocycles. The Balaban J connectivity index is 1.60. The first-order chi connectivity index (χ1) is 15.4. The standard InChI is InChI=1S/C23H21ClN2O5S/c1-30-17-10-12-18(13-11-17)32(28,29)26-15-22(31-21-9-5-4-8-20(21)26)23(27)25-14-16-6-2-3-7-19(16)24/h2-13,22H,14-15H2,1H3,(H,25,27). The second-order valence-corrected chi connectivity index (χ2v) is 9.36. The van der Waals surface area contributed by atoms with E-state index < -0.39 is 22.0 Å². The number of carbonyl (C=O) groups excluding carboxylic acids is 1. The molecule has 4 rings (SSSR count). The fourth-order valence-corrected chi connectivity index (χ4v) is 5.06. The number of nitrogens with one attached hydrogen (secondary N) is 1. The molecule has 3 aromatic carbocycles. The van der Waals surface area contributed by atoms with Crippen LogP contribution >= 0.6 is 11.6 Å². The van der Waals surface area contributed by atoms with Crippen molar-refractivity contribution >= 4 is 33.2 Å². The van der Waals surface area contributed by atoms with Gasteiger partial charge in [-0.25, -0.2) is 8.42 Å². The van der Waals surface area contributed by atoms with Crippen molar-refractivity contribution in [3.63, 3.8) is 0 Å². The molecule has 1 unspecified atom stereocenters. The molecule has 0 fully saturated rings. The Kier molecular flexibility index (Phi) is 6.25. The summed E-state index contributed by atoms with van der Waals surface area (Å²) in [6.07, 6.45) is -1.03. The van der Waals surface area contributed by atoms with Gasteiger partial charge in [-0.1, -0.05) is 41.9 Å². The van der Waals surface area contributed by atoms with Crippen LogP contribution in [0.3, 0.4) is 0 Å². The van der Waals surface area contributed by atoms with Gasteiger partial charge in [0, 0.05) is 11.6 Å². The molecule has 1 aliphatic heterocycles. The lowest BCUT2D eigenvalue weighted by Crippen LogP contribution is -2.50. The van der Waals surface area contributed by atoms with Gasteiger partial charge in [0.2, 0.25) is 0 Å². The van der Waals surface area contributed by atoms with E-state index in [-0.39, 0.29) is 18.0 Å². The number of carbonyl (C=O) groups is 1. The van der Waals surface area contributed by atoms with E-state index in [0.29, 0.717) is 22.2 Å². The molecular weight excluding hydrogens is 452 g/mol. The number of nitrogens with zero attached hydrogens (tertiary/aromatic N) is 1. The van der Waals surface area contributed by atoms with Crippen LogP contribution in [-0.2, 0) is 21.4 Å². The highest BCUT2D eigenvalue weighted by Gasteiger charge is 2.37. The van der Waals surface area contributed by atoms with Gasteiger partial charge < -0.3 is 14.8 Å². The molecule has 0 bridgehead atoms. The smallest absolute Gasteiger partial charge is 0.264 e. The van der Waals surface area contributed by atoms with E-state index in [1.54, 1.807) is 54.6 Å². The van der Waals surface area contributed by atoms with Gasteiger partial charge in [-0.3, -0.25) is 9.10 Å². The summed E-state index contributed by atoms with van der Waals surface area (Å²) < 4.78 is 39.0. The number of sulfonamides is 1. The number of anilines is 1. The van der Waals surface area contributed by atoms with Crippen LogP contribution in [0.1, 0.15) is 5.56 Å². The van der Waals surface area contributed by atoms with E-state index in [4.69, 9.17) is 21.1 Å². The van der Waals surface area contributed by atoms with E-state index in [2.05, 4.69) is 5.32 Å². The molecule has 3 aromatic rings. The molecule has 1 amide bonds. The topological polar surface area (TPSA) is 84.9 Å². The molecule has 0 radical (unpaired) electrons. The average Bonchev–Trinajstić information content (AvgIpc) is 2.82. The Morgan fingerprint density at radius 3 is 2.50 bits per heavy atom. The molecule has 9 heteroatoms. The Morgan fingerprint density at radius 2 is 1.78 bits per heavy atom. The lowest BCUT2D eigenvalue weighted by molar-refractivity contribution is -0.127. The highest BCUT2D eigenvalue weighted by atomic mass is 35.5. The quantitative estimate of drug-likeness (QED) is 0.592. The average molecular weight is 473 g/mol. The number of benzene rings is 3. The highest BCUT2D eigenvalue weighted by Crippen LogP contribution is 2.37. The summed E-state index contributed by atoms with van der Waals surface area (Å²) in [6.45, 7) is 0.0327. The minimum atomic E-state index is -3.94. The number of halogens is 1. The molecule has 0 aliphatic carbocycles. The van der Waals surface area contributed by atoms with Crippen LogP contribution in [0.4, 0.5) is 5.69 Å². The Labute approximate surface area is 191 Å². The molecule has 1 aliphatic rings. The van der Waals surface area contributed by atoms with Crippen LogP contribution in [0.5, 0.6) is 11.5 Å². The van der Waals surface area contributed by atoms with Crippen molar-refractivity contribution in [2.75, 3.05) is 18.0 Å². The number of fused-ring (bicyclic) bond motifs is 1. The fourth-order valence-electron chi connectivity index (χ4n) is 3.38. The number of amides is 1. The number of hydrogen-bond donors (Lipinski definition) is 1. The third-order valence-corrected chi connectivity index (χ3v) is 7.25. The number of hydrogen-bond acceptors (Lipinski definition) is 5. The number of methoxy groups -OCH3 is 1. The van der Waals surface area contributed by atoms with Crippen LogP contribution < -0.4 is 19.1 Å². The zero-order chi connectivity index (χ0) is 22.7. The zero-order valence-electron chi connectivity index (χ0n) is 17.2. The molecule has 166 valence electrons. The summed E-state index contributed by atoms with van der Waals surface area (Å²) in [4.78, 5) is 13.0. The molecule has 0 saturated heterocycles. The van der Waals surface area contributed by atoms with Crippen molar-refractivity contribution in [3.05, 3.63) is 83.4 Å². The predicted octanol–water partition coefficient (Wildman–Crippen LogP) is 3.62. The van der Waals surface area contributed by atoms with Crippen molar-refractivity contribution in [2.45, 2.75) is 17.5 Å². The predicted molar refractivity (Wildman–Crippen MR) is 122 cm³/mol. The van der Waals surface area contributed by atoms with Crippen molar-refractivity contribution in [3.8, 4) is 11.5 Å². The molecule has 32 heavy (non-hydrogen) atoms. The van der Waals surface area contributed by atoms with Crippen LogP contribution in [-0.4, -0.2) is 34.1 Å². The second-order valence-electron chi connectivity index (χ2n) is 7.10. The SMILES string of the molecule is COc1ccc(S(=O)(=O)N2CC(C(=O)NCc3ccccc3Cl)Oc3ccccc32)cc1. The summed E-state index contributed by atoms with van der Waals surface area (Å²) in [5.74, 6) is 0.422. The maximum Gasteiger partial charge on any atom is 0.264 e. The minimum Gasteiger partial charge on any atom is -0.497 e. The van der Waals surface area contributed by atoms with Crippen LogP contribution in [0.15, 0.2) is 77.7 Å². The normalized spacial score (nSPS) is 15.4. The molecule has 0 aromatic heterocycles. The first-order valence-electron chi connectivity index (χ1n) is 9.84. The Morgan fingerprint density at radius 1 is 1.09 bits per heavy atom. The first-order valence-corrected chi connectivity index (χ1v) is 11.7. The van der Waals surface area contributed by atoms with Crippen molar-refractivity contribution in [1.29, 1.82) is 0 Å². The summed E-state index contributed by atoms with van der Waals surface area (Å²) in [5, 5.41) is 3.31. The molecular formula is C23H21ClN2O5S. The summed E-state index contributed by atoms with van der Waals surface area (Å²) >= 11 is 6.15. The van der Waals surface area contributed by atoms with Crippen LogP contribution in [0.2, 0.25) is 5.02 Å². The van der Waals surface area contributed by atoms with Crippen molar-refractivity contribution in [2.24, 2.45) is 0 Å². The largest absolute Gasteiger partial charge is 0.497 e. The molecule has 7 nitrogen and oxygen atoms in total. The number of para-hydroxylation sites is 2. The van der Waals surface area contributed by atoms with E-state index in [0.717, 1.165) is 5.56 Å². The Hall–Kier alpha value is -3.23. The highest BCUT2D eigenvalue weighted by molar-refractivity contribution is 7.92. The van der Waals surface area contributed by atoms with E-state index in [1.165, 1.54) is 23.5 Å². The molecule has 1 N–H and O–H groups in total. The maximum absolute atomic E-state index is 13.4. The first kappa shape index (κ1) is 22.0. The van der Waals surface area contributed by atoms with Gasteiger partial charge in [-0.15, -0.1) is 0 Å². The monoisotopic (exact) mass is 472 g/mol. The summed E-state index contributed by atoms with van der Waals surface area (Å²) in [5.41, 5.74) is 1.12. The second kappa shape index (κ2) is 9.10. The maximum atomic E-state index is 13.4. The van der Waals surface area contributed by atoms with Crippen LogP contribution in [0, 0.1) is 0 Å². The van der Waals surface area contributed by atoms with Gasteiger partial charge >= 0.3 is 0 Å². The van der Waals surface area contributed by atoms with Gasteiger partial charge in [0.25, 0.3) is 15.9 Å². The van der Waals surface area contributed by atoms with E-state index >= 15 is 0 Å². The van der Waals surface area contributed by atoms with E-state index in [9.17, 15) is 13.2 Å². The van der Waals surface area contributed by atoms with E-state index in [1.807, 2.05) is 6.07 Å². The molecule has 1 atom stereocenters. The van der Waals surface area contributed by atoms with Gasteiger partial charge in [0.1, 0.15) is 11.5 Å². The summed E-state index contributed by atoms with van der Waals surface area (Å²) in [6, 6.07) is 20.0. The minimum absolute atomic E-state index is 0.0882. The van der Waals surface area contributed by atoms with Gasteiger partial charge in [0.05, 0.1) is 24.2 Å². The number of ether oxygens (including phenoxy) is 2. The van der Waals surface area contributed by atoms with Crippen LogP contribution in [0.25, 0.3) is 0 Å². The molecule has 0 saturated carbocycles. The number of rotatable bonds is 6. The van der Waals surface area contributed by atoms with Gasteiger partial charge in [-0.2, -0.15) is 0 Å². The third-order valence-electron chi connectivity index (χ3n) is 5.09. The van der Waals surface area contributed by atoms with Crippen molar-refractivity contribution < 1.29 is 22.7 Å². The van der Waals surface area contributed by atoms with Gasteiger partial charge in [0.15, 0.2) is 6.10 Å². The third kappa shape index (κ3) is 4.37.